The van der Waals surface area contributed by atoms with Crippen LogP contribution in [0.4, 0.5) is 4.39 Å². The third kappa shape index (κ3) is 4.21. The van der Waals surface area contributed by atoms with E-state index in [0.717, 1.165) is 10.6 Å². The van der Waals surface area contributed by atoms with Crippen LogP contribution in [-0.4, -0.2) is 42.1 Å². The maximum atomic E-state index is 13.7. The van der Waals surface area contributed by atoms with Gasteiger partial charge in [0.2, 0.25) is 0 Å². The number of hydrogen-bond donors (Lipinski definition) is 0. The number of rotatable bonds is 5. The maximum absolute atomic E-state index is 13.7. The predicted octanol–water partition coefficient (Wildman–Crippen LogP) is 4.00. The van der Waals surface area contributed by atoms with Gasteiger partial charge in [-0.15, -0.1) is 11.3 Å². The molecule has 1 aromatic heterocycles. The molecular formula is C21H19FN2O3S. The highest BCUT2D eigenvalue weighted by atomic mass is 32.1. The first-order valence-electron chi connectivity index (χ1n) is 9.00. The second-order valence-electron chi connectivity index (χ2n) is 6.35. The van der Waals surface area contributed by atoms with Crippen LogP contribution in [0.15, 0.2) is 53.9 Å². The molecule has 1 fully saturated rings. The average molecular weight is 398 g/mol. The molecule has 0 unspecified atom stereocenters. The minimum absolute atomic E-state index is 0.0715. The second kappa shape index (κ2) is 8.50. The zero-order valence-corrected chi connectivity index (χ0v) is 16.0. The summed E-state index contributed by atoms with van der Waals surface area (Å²) >= 11 is 1.42. The van der Waals surface area contributed by atoms with Crippen LogP contribution in [0.3, 0.4) is 0 Å². The van der Waals surface area contributed by atoms with Gasteiger partial charge in [0.15, 0.2) is 0 Å². The molecule has 3 aromatic rings. The highest BCUT2D eigenvalue weighted by molar-refractivity contribution is 7.13. The molecule has 7 heteroatoms. The quantitative estimate of drug-likeness (QED) is 0.652. The van der Waals surface area contributed by atoms with Crippen LogP contribution in [0.1, 0.15) is 16.1 Å². The van der Waals surface area contributed by atoms with Crippen LogP contribution < -0.4 is 4.74 Å². The Labute approximate surface area is 166 Å². The molecule has 2 aromatic carbocycles. The topological polar surface area (TPSA) is 51.7 Å². The number of morpholine rings is 1. The van der Waals surface area contributed by atoms with Crippen LogP contribution in [0.25, 0.3) is 10.6 Å². The van der Waals surface area contributed by atoms with E-state index >= 15 is 0 Å². The number of thiazole rings is 1. The number of nitrogens with zero attached hydrogens (tertiary/aromatic N) is 2. The number of carbonyl (C=O) groups excluding carboxylic acids is 1. The summed E-state index contributed by atoms with van der Waals surface area (Å²) in [7, 11) is 0. The van der Waals surface area contributed by atoms with Gasteiger partial charge in [-0.25, -0.2) is 9.37 Å². The molecular weight excluding hydrogens is 379 g/mol. The van der Waals surface area contributed by atoms with Crippen LogP contribution in [0, 0.1) is 5.82 Å². The first kappa shape index (κ1) is 18.6. The normalized spacial score (nSPS) is 14.1. The lowest BCUT2D eigenvalue weighted by Crippen LogP contribution is -2.40. The van der Waals surface area contributed by atoms with Crippen molar-refractivity contribution in [2.75, 3.05) is 26.3 Å². The summed E-state index contributed by atoms with van der Waals surface area (Å²) in [6.45, 7) is 2.44. The smallest absolute Gasteiger partial charge is 0.273 e. The Bertz CT molecular complexity index is 970. The fourth-order valence-electron chi connectivity index (χ4n) is 2.93. The van der Waals surface area contributed by atoms with Crippen molar-refractivity contribution in [2.24, 2.45) is 0 Å². The predicted molar refractivity (Wildman–Crippen MR) is 105 cm³/mol. The molecule has 1 saturated heterocycles. The van der Waals surface area contributed by atoms with Gasteiger partial charge in [-0.3, -0.25) is 4.79 Å². The van der Waals surface area contributed by atoms with Crippen molar-refractivity contribution in [1.82, 2.24) is 9.88 Å². The van der Waals surface area contributed by atoms with Crippen LogP contribution >= 0.6 is 11.3 Å². The molecule has 4 rings (SSSR count). The van der Waals surface area contributed by atoms with Crippen LogP contribution in [0.2, 0.25) is 0 Å². The third-order valence-corrected chi connectivity index (χ3v) is 5.35. The van der Waals surface area contributed by atoms with Crippen molar-refractivity contribution < 1.29 is 18.7 Å². The largest absolute Gasteiger partial charge is 0.489 e. The SMILES string of the molecule is O=C(c1csc(-c2cccc(OCc3ccccc3F)c2)n1)N1CCOCC1. The fraction of sp³-hybridized carbons (Fsp3) is 0.238. The van der Waals surface area contributed by atoms with E-state index < -0.39 is 0 Å². The Morgan fingerprint density at radius 3 is 2.82 bits per heavy atom. The molecule has 144 valence electrons. The van der Waals surface area contributed by atoms with E-state index in [9.17, 15) is 9.18 Å². The molecule has 0 spiro atoms. The van der Waals surface area contributed by atoms with Gasteiger partial charge in [0.1, 0.15) is 28.9 Å². The summed E-state index contributed by atoms with van der Waals surface area (Å²) < 4.78 is 24.8. The van der Waals surface area contributed by atoms with Crippen molar-refractivity contribution in [1.29, 1.82) is 0 Å². The maximum Gasteiger partial charge on any atom is 0.273 e. The van der Waals surface area contributed by atoms with Gasteiger partial charge in [-0.05, 0) is 18.2 Å². The lowest BCUT2D eigenvalue weighted by Gasteiger charge is -2.25. The molecule has 0 atom stereocenters. The average Bonchev–Trinajstić information content (AvgIpc) is 3.24. The number of halogens is 1. The molecule has 1 aliphatic rings. The van der Waals surface area contributed by atoms with E-state index in [1.54, 1.807) is 28.5 Å². The van der Waals surface area contributed by atoms with E-state index in [1.807, 2.05) is 24.3 Å². The van der Waals surface area contributed by atoms with Crippen LogP contribution in [0.5, 0.6) is 5.75 Å². The van der Waals surface area contributed by atoms with Crippen LogP contribution in [-0.2, 0) is 11.3 Å². The standard InChI is InChI=1S/C21H19FN2O3S/c22-18-7-2-1-4-16(18)13-27-17-6-3-5-15(12-17)20-23-19(14-28-20)21(25)24-8-10-26-11-9-24/h1-7,12,14H,8-11,13H2. The molecule has 1 amide bonds. The van der Waals surface area contributed by atoms with Crippen molar-refractivity contribution in [3.63, 3.8) is 0 Å². The number of aromatic nitrogens is 1. The number of benzene rings is 2. The first-order chi connectivity index (χ1) is 13.7. The number of ether oxygens (including phenoxy) is 2. The fourth-order valence-corrected chi connectivity index (χ4v) is 3.72. The number of carbonyl (C=O) groups is 1. The number of amides is 1. The van der Waals surface area contributed by atoms with Gasteiger partial charge in [0, 0.05) is 29.6 Å². The minimum atomic E-state index is -0.287. The lowest BCUT2D eigenvalue weighted by atomic mass is 10.2. The molecule has 0 N–H and O–H groups in total. The van der Waals surface area contributed by atoms with Crippen molar-refractivity contribution in [2.45, 2.75) is 6.61 Å². The van der Waals surface area contributed by atoms with E-state index in [2.05, 4.69) is 4.98 Å². The van der Waals surface area contributed by atoms with Gasteiger partial charge in [0.25, 0.3) is 5.91 Å². The molecule has 0 saturated carbocycles. The van der Waals surface area contributed by atoms with Gasteiger partial charge < -0.3 is 14.4 Å². The van der Waals surface area contributed by atoms with E-state index in [-0.39, 0.29) is 18.3 Å². The van der Waals surface area contributed by atoms with Crippen molar-refractivity contribution >= 4 is 17.2 Å². The lowest BCUT2D eigenvalue weighted by molar-refractivity contribution is 0.0299. The van der Waals surface area contributed by atoms with Crippen molar-refractivity contribution in [3.05, 3.63) is 71.0 Å². The van der Waals surface area contributed by atoms with Gasteiger partial charge in [0.05, 0.1) is 13.2 Å². The van der Waals surface area contributed by atoms with E-state index in [4.69, 9.17) is 9.47 Å². The number of hydrogen-bond acceptors (Lipinski definition) is 5. The molecule has 0 bridgehead atoms. The molecule has 0 aliphatic carbocycles. The van der Waals surface area contributed by atoms with Gasteiger partial charge >= 0.3 is 0 Å². The summed E-state index contributed by atoms with van der Waals surface area (Å²) in [5.74, 6) is 0.264. The molecule has 0 radical (unpaired) electrons. The Hall–Kier alpha value is -2.77. The molecule has 5 nitrogen and oxygen atoms in total. The van der Waals surface area contributed by atoms with E-state index in [1.165, 1.54) is 17.4 Å². The van der Waals surface area contributed by atoms with Gasteiger partial charge in [-0.1, -0.05) is 30.3 Å². The zero-order chi connectivity index (χ0) is 19.3. The Kier molecular flexibility index (Phi) is 5.64. The highest BCUT2D eigenvalue weighted by Crippen LogP contribution is 2.28. The molecule has 1 aliphatic heterocycles. The summed E-state index contributed by atoms with van der Waals surface area (Å²) in [5, 5.41) is 2.52. The Balaban J connectivity index is 1.46. The molecule has 28 heavy (non-hydrogen) atoms. The zero-order valence-electron chi connectivity index (χ0n) is 15.1. The van der Waals surface area contributed by atoms with E-state index in [0.29, 0.717) is 43.3 Å². The molecule has 2 heterocycles. The Morgan fingerprint density at radius 2 is 2.00 bits per heavy atom. The minimum Gasteiger partial charge on any atom is -0.489 e. The summed E-state index contributed by atoms with van der Waals surface area (Å²) in [6, 6.07) is 14.0. The Morgan fingerprint density at radius 1 is 1.18 bits per heavy atom. The van der Waals surface area contributed by atoms with Gasteiger partial charge in [-0.2, -0.15) is 0 Å². The monoisotopic (exact) mass is 398 g/mol. The summed E-state index contributed by atoms with van der Waals surface area (Å²) in [4.78, 5) is 18.8. The first-order valence-corrected chi connectivity index (χ1v) is 9.88. The second-order valence-corrected chi connectivity index (χ2v) is 7.21. The highest BCUT2D eigenvalue weighted by Gasteiger charge is 2.21. The summed E-state index contributed by atoms with van der Waals surface area (Å²) in [5.41, 5.74) is 1.80. The third-order valence-electron chi connectivity index (χ3n) is 4.45. The van der Waals surface area contributed by atoms with Crippen molar-refractivity contribution in [3.8, 4) is 16.3 Å². The summed E-state index contributed by atoms with van der Waals surface area (Å²) in [6.07, 6.45) is 0.